The fourth-order valence-electron chi connectivity index (χ4n) is 1.67. The molecule has 0 spiro atoms. The minimum Gasteiger partial charge on any atom is -0.135 e. The minimum atomic E-state index is 0. The van der Waals surface area contributed by atoms with E-state index in [0.717, 1.165) is 0 Å². The molecule has 2 aromatic carbocycles. The lowest BCUT2D eigenvalue weighted by Gasteiger charge is -1.88. The maximum atomic E-state index is 2.19. The largest absolute Gasteiger partial charge is 0.135 e. The fourth-order valence-corrected chi connectivity index (χ4v) is 2.78. The molecule has 0 aliphatic rings. The van der Waals surface area contributed by atoms with E-state index in [1.807, 2.05) is 11.3 Å². The topological polar surface area (TPSA) is 0 Å². The van der Waals surface area contributed by atoms with Crippen molar-refractivity contribution in [3.05, 3.63) is 48.5 Å². The molecule has 1 heterocycles. The second-order valence-electron chi connectivity index (χ2n) is 3.09. The highest BCUT2D eigenvalue weighted by Gasteiger charge is 2.01. The number of fused-ring (bicyclic) bond motifs is 3. The zero-order valence-corrected chi connectivity index (χ0v) is 16.1. The summed E-state index contributed by atoms with van der Waals surface area (Å²) in [5, 5.41) is 2.76. The normalized spacial score (nSPS) is 9.00. The molecule has 0 saturated carbocycles. The number of hydrogen-bond acceptors (Lipinski definition) is 1. The second-order valence-corrected chi connectivity index (χ2v) is 4.18. The molecule has 0 aliphatic carbocycles. The summed E-state index contributed by atoms with van der Waals surface area (Å²) in [5.41, 5.74) is 0. The molecule has 4 heteroatoms. The molecule has 1 aromatic heterocycles. The van der Waals surface area contributed by atoms with E-state index < -0.39 is 0 Å². The van der Waals surface area contributed by atoms with Crippen LogP contribution < -0.4 is 0 Å². The molecule has 0 unspecified atom stereocenters. The Labute approximate surface area is 150 Å². The number of hydrogen-bond donors (Lipinski definition) is 0. The van der Waals surface area contributed by atoms with Crippen molar-refractivity contribution in [2.75, 3.05) is 0 Å². The molecule has 0 atom stereocenters. The molecule has 0 radical (unpaired) electrons. The van der Waals surface area contributed by atoms with Gasteiger partial charge in [0.25, 0.3) is 0 Å². The highest BCUT2D eigenvalue weighted by molar-refractivity contribution is 14.0. The molecule has 16 heavy (non-hydrogen) atoms. The Balaban J connectivity index is 0.000000750. The molecule has 0 aliphatic heterocycles. The van der Waals surface area contributed by atoms with Gasteiger partial charge in [0.2, 0.25) is 0 Å². The van der Waals surface area contributed by atoms with Gasteiger partial charge in [-0.1, -0.05) is 36.4 Å². The predicted molar refractivity (Wildman–Crippen MR) is 106 cm³/mol. The van der Waals surface area contributed by atoms with Crippen molar-refractivity contribution < 1.29 is 0 Å². The smallest absolute Gasteiger partial charge is 0.0355 e. The van der Waals surface area contributed by atoms with Crippen LogP contribution >= 0.6 is 83.3 Å². The lowest BCUT2D eigenvalue weighted by atomic mass is 10.2. The summed E-state index contributed by atoms with van der Waals surface area (Å²) in [7, 11) is 0. The van der Waals surface area contributed by atoms with Crippen LogP contribution in [0, 0.1) is 0 Å². The highest BCUT2D eigenvalue weighted by Crippen LogP contribution is 2.32. The zero-order chi connectivity index (χ0) is 8.67. The molecule has 0 fully saturated rings. The summed E-state index contributed by atoms with van der Waals surface area (Å²) in [6.45, 7) is 0. The first-order valence-corrected chi connectivity index (χ1v) is 5.13. The van der Waals surface area contributed by atoms with Crippen molar-refractivity contribution in [3.63, 3.8) is 0 Å². The Morgan fingerprint density at radius 1 is 0.562 bits per heavy atom. The van der Waals surface area contributed by atoms with E-state index in [0.29, 0.717) is 0 Å². The molecule has 0 N–H and O–H groups in total. The van der Waals surface area contributed by atoms with Gasteiger partial charge in [0, 0.05) is 20.2 Å². The van der Waals surface area contributed by atoms with E-state index in [-0.39, 0.29) is 71.9 Å². The molecule has 86 valence electrons. The van der Waals surface area contributed by atoms with Crippen LogP contribution in [0.15, 0.2) is 48.5 Å². The van der Waals surface area contributed by atoms with Crippen LogP contribution in [0.5, 0.6) is 0 Å². The van der Waals surface area contributed by atoms with E-state index >= 15 is 0 Å². The summed E-state index contributed by atoms with van der Waals surface area (Å²) in [4.78, 5) is 0. The maximum absolute atomic E-state index is 2.19. The molecule has 0 nitrogen and oxygen atoms in total. The maximum Gasteiger partial charge on any atom is 0.0355 e. The third-order valence-electron chi connectivity index (χ3n) is 2.28. The quantitative estimate of drug-likeness (QED) is 0.296. The molecule has 3 rings (SSSR count). The molecular formula is C12H11I3S. The van der Waals surface area contributed by atoms with Gasteiger partial charge in [-0.2, -0.15) is 0 Å². The van der Waals surface area contributed by atoms with Crippen LogP contribution in [0.3, 0.4) is 0 Å². The van der Waals surface area contributed by atoms with Gasteiger partial charge >= 0.3 is 0 Å². The van der Waals surface area contributed by atoms with E-state index in [4.69, 9.17) is 0 Å². The van der Waals surface area contributed by atoms with Gasteiger partial charge in [0.05, 0.1) is 0 Å². The number of benzene rings is 2. The van der Waals surface area contributed by atoms with E-state index in [1.165, 1.54) is 20.2 Å². The van der Waals surface area contributed by atoms with Gasteiger partial charge in [-0.15, -0.1) is 83.3 Å². The summed E-state index contributed by atoms with van der Waals surface area (Å²) < 4.78 is 2.76. The highest BCUT2D eigenvalue weighted by atomic mass is 127. The summed E-state index contributed by atoms with van der Waals surface area (Å²) in [6, 6.07) is 17.1. The van der Waals surface area contributed by atoms with Gasteiger partial charge in [0.1, 0.15) is 0 Å². The van der Waals surface area contributed by atoms with Crippen molar-refractivity contribution in [1.82, 2.24) is 0 Å². The summed E-state index contributed by atoms with van der Waals surface area (Å²) in [5.74, 6) is 0. The van der Waals surface area contributed by atoms with E-state index in [1.54, 1.807) is 0 Å². The molecule has 3 aromatic rings. The third-order valence-corrected chi connectivity index (χ3v) is 3.44. The Kier molecular flexibility index (Phi) is 7.71. The number of rotatable bonds is 0. The van der Waals surface area contributed by atoms with E-state index in [9.17, 15) is 0 Å². The third kappa shape index (κ3) is 2.99. The first-order chi connectivity index (χ1) is 6.45. The average molecular weight is 568 g/mol. The van der Waals surface area contributed by atoms with Crippen molar-refractivity contribution in [2.24, 2.45) is 0 Å². The van der Waals surface area contributed by atoms with Crippen LogP contribution in [0.2, 0.25) is 0 Å². The second kappa shape index (κ2) is 7.32. The van der Waals surface area contributed by atoms with Gasteiger partial charge in [-0.25, -0.2) is 0 Å². The molecular weight excluding hydrogens is 557 g/mol. The molecule has 0 saturated heterocycles. The Morgan fingerprint density at radius 2 is 0.938 bits per heavy atom. The Morgan fingerprint density at radius 3 is 1.38 bits per heavy atom. The standard InChI is InChI=1S/C12H8S.3HI/c1-3-7-11-9(5-1)10-6-2-4-8-12(10)13-11;;;/h1-8H;3*1H. The molecule has 0 bridgehead atoms. The lowest BCUT2D eigenvalue weighted by Crippen LogP contribution is -1.62. The predicted octanol–water partition coefficient (Wildman–Crippen LogP) is 5.91. The summed E-state index contributed by atoms with van der Waals surface area (Å²) >= 11 is 1.86. The average Bonchev–Trinajstić information content (AvgIpc) is 2.56. The van der Waals surface area contributed by atoms with Crippen molar-refractivity contribution in [3.8, 4) is 0 Å². The SMILES string of the molecule is I.I.I.c1ccc2c(c1)sc1ccccc12. The van der Waals surface area contributed by atoms with Crippen LogP contribution in [0.4, 0.5) is 0 Å². The first-order valence-electron chi connectivity index (χ1n) is 4.31. The minimum absolute atomic E-state index is 0. The number of halogens is 3. The monoisotopic (exact) mass is 568 g/mol. The van der Waals surface area contributed by atoms with Crippen molar-refractivity contribution >= 4 is 103 Å². The molecule has 0 amide bonds. The zero-order valence-electron chi connectivity index (χ0n) is 8.25. The first kappa shape index (κ1) is 16.9. The van der Waals surface area contributed by atoms with Gasteiger partial charge in [-0.05, 0) is 12.1 Å². The number of thiophene rings is 1. The van der Waals surface area contributed by atoms with Gasteiger partial charge in [0.15, 0.2) is 0 Å². The summed E-state index contributed by atoms with van der Waals surface area (Å²) in [6.07, 6.45) is 0. The Hall–Kier alpha value is 0.850. The Bertz CT molecular complexity index is 524. The van der Waals surface area contributed by atoms with Gasteiger partial charge < -0.3 is 0 Å². The van der Waals surface area contributed by atoms with Crippen molar-refractivity contribution in [1.29, 1.82) is 0 Å². The van der Waals surface area contributed by atoms with E-state index in [2.05, 4.69) is 48.5 Å². The van der Waals surface area contributed by atoms with Crippen LogP contribution in [-0.4, -0.2) is 0 Å². The van der Waals surface area contributed by atoms with Crippen LogP contribution in [-0.2, 0) is 0 Å². The fraction of sp³-hybridized carbons (Fsp3) is 0. The van der Waals surface area contributed by atoms with Gasteiger partial charge in [-0.3, -0.25) is 0 Å². The van der Waals surface area contributed by atoms with Crippen LogP contribution in [0.25, 0.3) is 20.2 Å². The lowest BCUT2D eigenvalue weighted by molar-refractivity contribution is 1.84. The van der Waals surface area contributed by atoms with Crippen LogP contribution in [0.1, 0.15) is 0 Å². The van der Waals surface area contributed by atoms with Crippen molar-refractivity contribution in [2.45, 2.75) is 0 Å².